The van der Waals surface area contributed by atoms with Gasteiger partial charge < -0.3 is 20.1 Å². The summed E-state index contributed by atoms with van der Waals surface area (Å²) in [6, 6.07) is 3.96. The van der Waals surface area contributed by atoms with Gasteiger partial charge in [0, 0.05) is 13.0 Å². The molecule has 4 amide bonds. The van der Waals surface area contributed by atoms with Crippen molar-refractivity contribution in [2.45, 2.75) is 38.8 Å². The van der Waals surface area contributed by atoms with Crippen molar-refractivity contribution in [1.82, 2.24) is 15.5 Å². The fourth-order valence-electron chi connectivity index (χ4n) is 3.08. The number of benzene rings is 1. The number of likely N-dealkylation sites (N-methyl/N-ethyl adjacent to an activating group) is 1. The topological polar surface area (TPSA) is 97.0 Å². The van der Waals surface area contributed by atoms with Crippen molar-refractivity contribution < 1.29 is 23.9 Å². The zero-order valence-corrected chi connectivity index (χ0v) is 14.4. The predicted octanol–water partition coefficient (Wildman–Crippen LogP) is 0.793. The Bertz CT molecular complexity index is 735. The van der Waals surface area contributed by atoms with Crippen LogP contribution in [0.5, 0.6) is 11.5 Å². The van der Waals surface area contributed by atoms with E-state index in [2.05, 4.69) is 10.6 Å². The minimum atomic E-state index is -1.12. The Morgan fingerprint density at radius 1 is 1.36 bits per heavy atom. The molecule has 2 heterocycles. The molecule has 8 nitrogen and oxygen atoms in total. The van der Waals surface area contributed by atoms with E-state index in [0.29, 0.717) is 18.0 Å². The summed E-state index contributed by atoms with van der Waals surface area (Å²) in [5, 5.41) is 5.33. The van der Waals surface area contributed by atoms with Gasteiger partial charge in [-0.15, -0.1) is 0 Å². The highest BCUT2D eigenvalue weighted by Crippen LogP contribution is 2.34. The fraction of sp³-hybridized carbons (Fsp3) is 0.471. The van der Waals surface area contributed by atoms with Gasteiger partial charge in [0.25, 0.3) is 5.91 Å². The zero-order chi connectivity index (χ0) is 18.2. The van der Waals surface area contributed by atoms with Gasteiger partial charge in [0.2, 0.25) is 12.7 Å². The van der Waals surface area contributed by atoms with E-state index in [1.165, 1.54) is 6.92 Å². The van der Waals surface area contributed by atoms with Crippen LogP contribution in [0.3, 0.4) is 0 Å². The fourth-order valence-corrected chi connectivity index (χ4v) is 3.08. The van der Waals surface area contributed by atoms with Crippen molar-refractivity contribution in [3.05, 3.63) is 23.8 Å². The van der Waals surface area contributed by atoms with Gasteiger partial charge in [0.15, 0.2) is 11.5 Å². The molecule has 1 aromatic rings. The Hall–Kier alpha value is -2.77. The smallest absolute Gasteiger partial charge is 0.325 e. The molecule has 0 aromatic heterocycles. The average molecular weight is 347 g/mol. The Kier molecular flexibility index (Phi) is 4.28. The molecule has 25 heavy (non-hydrogen) atoms. The van der Waals surface area contributed by atoms with E-state index >= 15 is 0 Å². The second-order valence-corrected chi connectivity index (χ2v) is 6.37. The van der Waals surface area contributed by atoms with Crippen LogP contribution in [0.4, 0.5) is 4.79 Å². The zero-order valence-electron chi connectivity index (χ0n) is 14.4. The molecule has 0 saturated carbocycles. The highest BCUT2D eigenvalue weighted by atomic mass is 16.7. The van der Waals surface area contributed by atoms with E-state index in [4.69, 9.17) is 9.47 Å². The molecule has 0 unspecified atom stereocenters. The maximum atomic E-state index is 12.8. The quantitative estimate of drug-likeness (QED) is 0.768. The van der Waals surface area contributed by atoms with Crippen molar-refractivity contribution in [2.75, 3.05) is 13.3 Å². The first-order valence-electron chi connectivity index (χ1n) is 8.18. The lowest BCUT2D eigenvalue weighted by molar-refractivity contribution is -0.137. The Labute approximate surface area is 145 Å². The molecule has 3 rings (SSSR count). The number of fused-ring (bicyclic) bond motifs is 1. The number of ether oxygens (including phenoxy) is 2. The van der Waals surface area contributed by atoms with Crippen molar-refractivity contribution in [3.8, 4) is 11.5 Å². The second-order valence-electron chi connectivity index (χ2n) is 6.37. The van der Waals surface area contributed by atoms with Crippen LogP contribution >= 0.6 is 0 Å². The number of nitrogens with one attached hydrogen (secondary N) is 2. The van der Waals surface area contributed by atoms with E-state index in [0.717, 1.165) is 10.5 Å². The van der Waals surface area contributed by atoms with E-state index in [1.54, 1.807) is 26.0 Å². The number of hydrogen-bond acceptors (Lipinski definition) is 5. The van der Waals surface area contributed by atoms with Gasteiger partial charge in [-0.05, 0) is 38.5 Å². The molecule has 0 radical (unpaired) electrons. The SMILES string of the molecule is CCNC(=O)[C@@H](C)N1C(=O)N[C@@](C)(Cc2ccc3c(c2)OCO3)C1=O. The Balaban J connectivity index is 1.79. The van der Waals surface area contributed by atoms with Gasteiger partial charge in [-0.2, -0.15) is 0 Å². The largest absolute Gasteiger partial charge is 0.454 e. The van der Waals surface area contributed by atoms with Crippen molar-refractivity contribution >= 4 is 17.8 Å². The highest BCUT2D eigenvalue weighted by molar-refractivity contribution is 6.09. The van der Waals surface area contributed by atoms with Crippen LogP contribution in [-0.4, -0.2) is 47.7 Å². The maximum absolute atomic E-state index is 12.8. The van der Waals surface area contributed by atoms with Crippen molar-refractivity contribution in [2.24, 2.45) is 0 Å². The molecule has 2 N–H and O–H groups in total. The van der Waals surface area contributed by atoms with Crippen LogP contribution in [0, 0.1) is 0 Å². The van der Waals surface area contributed by atoms with Gasteiger partial charge in [0.1, 0.15) is 11.6 Å². The second kappa shape index (κ2) is 6.27. The van der Waals surface area contributed by atoms with Crippen LogP contribution < -0.4 is 20.1 Å². The summed E-state index contributed by atoms with van der Waals surface area (Å²) >= 11 is 0. The van der Waals surface area contributed by atoms with E-state index in [9.17, 15) is 14.4 Å². The number of imide groups is 1. The third kappa shape index (κ3) is 2.99. The summed E-state index contributed by atoms with van der Waals surface area (Å²) in [6.45, 7) is 5.57. The molecule has 134 valence electrons. The van der Waals surface area contributed by atoms with Gasteiger partial charge in [0.05, 0.1) is 0 Å². The van der Waals surface area contributed by atoms with E-state index in [-0.39, 0.29) is 19.1 Å². The molecule has 0 aliphatic carbocycles. The molecule has 0 spiro atoms. The predicted molar refractivity (Wildman–Crippen MR) is 88.2 cm³/mol. The molecule has 2 atom stereocenters. The molecule has 1 saturated heterocycles. The lowest BCUT2D eigenvalue weighted by Gasteiger charge is -2.24. The molecule has 1 fully saturated rings. The van der Waals surface area contributed by atoms with Gasteiger partial charge >= 0.3 is 6.03 Å². The first-order valence-corrected chi connectivity index (χ1v) is 8.18. The van der Waals surface area contributed by atoms with E-state index in [1.807, 2.05) is 6.07 Å². The highest BCUT2D eigenvalue weighted by Gasteiger charge is 2.50. The normalized spacial score (nSPS) is 22.8. The van der Waals surface area contributed by atoms with Gasteiger partial charge in [-0.1, -0.05) is 6.07 Å². The lowest BCUT2D eigenvalue weighted by Crippen LogP contribution is -2.50. The number of urea groups is 1. The number of nitrogens with zero attached hydrogens (tertiary/aromatic N) is 1. The summed E-state index contributed by atoms with van der Waals surface area (Å²) < 4.78 is 10.6. The van der Waals surface area contributed by atoms with Crippen LogP contribution in [0.2, 0.25) is 0 Å². The minimum Gasteiger partial charge on any atom is -0.454 e. The summed E-state index contributed by atoms with van der Waals surface area (Å²) in [6.07, 6.45) is 0.285. The van der Waals surface area contributed by atoms with Crippen LogP contribution in [0.15, 0.2) is 18.2 Å². The first kappa shape index (κ1) is 17.1. The number of carbonyl (C=O) groups excluding carboxylic acids is 3. The first-order chi connectivity index (χ1) is 11.9. The molecule has 2 aliphatic heterocycles. The van der Waals surface area contributed by atoms with E-state index < -0.39 is 23.5 Å². The summed E-state index contributed by atoms with van der Waals surface area (Å²) in [4.78, 5) is 38.1. The average Bonchev–Trinajstić information content (AvgIpc) is 3.10. The number of hydrogen-bond donors (Lipinski definition) is 2. The number of amides is 4. The molecular formula is C17H21N3O5. The third-order valence-electron chi connectivity index (χ3n) is 4.40. The number of carbonyl (C=O) groups is 3. The van der Waals surface area contributed by atoms with Crippen molar-refractivity contribution in [3.63, 3.8) is 0 Å². The number of rotatable bonds is 5. The molecule has 2 aliphatic rings. The van der Waals surface area contributed by atoms with Gasteiger partial charge in [-0.3, -0.25) is 9.59 Å². The minimum absolute atomic E-state index is 0.170. The Morgan fingerprint density at radius 3 is 2.80 bits per heavy atom. The standard InChI is InChI=1S/C17H21N3O5/c1-4-18-14(21)10(2)20-15(22)17(3,19-16(20)23)8-11-5-6-12-13(7-11)25-9-24-12/h5-7,10H,4,8-9H2,1-3H3,(H,18,21)(H,19,23)/t10-,17+/m1/s1. The maximum Gasteiger partial charge on any atom is 0.325 e. The Morgan fingerprint density at radius 2 is 2.08 bits per heavy atom. The summed E-state index contributed by atoms with van der Waals surface area (Å²) in [7, 11) is 0. The van der Waals surface area contributed by atoms with Crippen LogP contribution in [0.1, 0.15) is 26.3 Å². The molecular weight excluding hydrogens is 326 g/mol. The molecule has 8 heteroatoms. The lowest BCUT2D eigenvalue weighted by atomic mass is 9.92. The monoisotopic (exact) mass is 347 g/mol. The van der Waals surface area contributed by atoms with Crippen LogP contribution in [-0.2, 0) is 16.0 Å². The summed E-state index contributed by atoms with van der Waals surface area (Å²) in [5.74, 6) is 0.486. The van der Waals surface area contributed by atoms with Crippen LogP contribution in [0.25, 0.3) is 0 Å². The van der Waals surface area contributed by atoms with Crippen molar-refractivity contribution in [1.29, 1.82) is 0 Å². The molecule has 0 bridgehead atoms. The molecule has 1 aromatic carbocycles. The third-order valence-corrected chi connectivity index (χ3v) is 4.40. The van der Waals surface area contributed by atoms with Gasteiger partial charge in [-0.25, -0.2) is 9.69 Å². The summed E-state index contributed by atoms with van der Waals surface area (Å²) in [5.41, 5.74) is -0.293.